The molecule has 0 fully saturated rings. The second-order valence-electron chi connectivity index (χ2n) is 17.4. The molecule has 0 atom stereocenters. The van der Waals surface area contributed by atoms with E-state index in [0.29, 0.717) is 5.71 Å². The first-order chi connectivity index (χ1) is 25.0. The third-order valence-corrected chi connectivity index (χ3v) is 11.6. The summed E-state index contributed by atoms with van der Waals surface area (Å²) in [5, 5.41) is 4.66. The maximum Gasteiger partial charge on any atom is 0.216 e. The van der Waals surface area contributed by atoms with Gasteiger partial charge in [-0.05, 0) is 86.8 Å². The van der Waals surface area contributed by atoms with Crippen molar-refractivity contribution in [3.8, 4) is 22.6 Å². The molecule has 0 aliphatic carbocycles. The molecule has 0 aliphatic heterocycles. The van der Waals surface area contributed by atoms with E-state index in [1.165, 1.54) is 10.8 Å². The molecular formula is C46H49IrN5OSi-2. The number of pyridine rings is 3. The van der Waals surface area contributed by atoms with Crippen molar-refractivity contribution in [1.29, 1.82) is 0 Å². The zero-order chi connectivity index (χ0) is 37.9. The number of aromatic nitrogens is 5. The van der Waals surface area contributed by atoms with E-state index in [9.17, 15) is 0 Å². The molecule has 1 radical (unpaired) electrons. The monoisotopic (exact) mass is 908 g/mol. The Kier molecular flexibility index (Phi) is 10.6. The van der Waals surface area contributed by atoms with Crippen LogP contribution in [0.25, 0.3) is 66.7 Å². The molecule has 5 heterocycles. The minimum Gasteiger partial charge on any atom is -0.486 e. The summed E-state index contributed by atoms with van der Waals surface area (Å²) in [5.74, 6) is 0.838. The van der Waals surface area contributed by atoms with Crippen LogP contribution in [-0.4, -0.2) is 32.6 Å². The SMILES string of the molecule is CC(C)(C)Cc1cc(-c2[c-]cccc2)ncc1[Si](C)(C)C.Cc1ccc2c(ccc3nc(-c4[c-]cc(C)c5c4oc4ncccc45)n(C(C)(C)C)c32)n1.[Ir]. The Morgan fingerprint density at radius 3 is 2.26 bits per heavy atom. The van der Waals surface area contributed by atoms with Crippen LogP contribution in [0.1, 0.15) is 58.4 Å². The van der Waals surface area contributed by atoms with Gasteiger partial charge in [-0.3, -0.25) is 9.97 Å². The van der Waals surface area contributed by atoms with Gasteiger partial charge in [-0.25, -0.2) is 4.98 Å². The number of imidazole rings is 1. The number of fused-ring (bicyclic) bond motifs is 6. The minimum atomic E-state index is -1.37. The maximum atomic E-state index is 6.28. The molecule has 0 bridgehead atoms. The van der Waals surface area contributed by atoms with Gasteiger partial charge in [-0.15, -0.1) is 53.6 Å². The molecule has 279 valence electrons. The fraction of sp³-hybridized carbons (Fsp3) is 0.304. The van der Waals surface area contributed by atoms with Crippen molar-refractivity contribution < 1.29 is 24.5 Å². The van der Waals surface area contributed by atoms with Gasteiger partial charge < -0.3 is 14.0 Å². The van der Waals surface area contributed by atoms with Crippen molar-refractivity contribution in [2.24, 2.45) is 5.41 Å². The van der Waals surface area contributed by atoms with Gasteiger partial charge in [0.15, 0.2) is 0 Å². The number of hydrogen-bond donors (Lipinski definition) is 0. The van der Waals surface area contributed by atoms with Crippen molar-refractivity contribution >= 4 is 57.3 Å². The third kappa shape index (κ3) is 7.70. The number of furan rings is 1. The number of nitrogens with zero attached hydrogens (tertiary/aromatic N) is 5. The van der Waals surface area contributed by atoms with Crippen molar-refractivity contribution in [2.75, 3.05) is 0 Å². The summed E-state index contributed by atoms with van der Waals surface area (Å²) < 4.78 is 8.57. The van der Waals surface area contributed by atoms with Gasteiger partial charge in [0, 0.05) is 54.5 Å². The summed E-state index contributed by atoms with van der Waals surface area (Å²) in [6, 6.07) is 31.4. The molecule has 8 aromatic rings. The smallest absolute Gasteiger partial charge is 0.216 e. The summed E-state index contributed by atoms with van der Waals surface area (Å²) in [6.45, 7) is 24.8. The average Bonchev–Trinajstić information content (AvgIpc) is 3.68. The van der Waals surface area contributed by atoms with E-state index in [2.05, 4.69) is 132 Å². The van der Waals surface area contributed by atoms with Gasteiger partial charge in [0.2, 0.25) is 5.71 Å². The predicted octanol–water partition coefficient (Wildman–Crippen LogP) is 11.4. The summed E-state index contributed by atoms with van der Waals surface area (Å²) in [6.07, 6.45) is 4.97. The van der Waals surface area contributed by atoms with Crippen molar-refractivity contribution in [3.05, 3.63) is 114 Å². The first kappa shape index (κ1) is 39.2. The Morgan fingerprint density at radius 2 is 1.57 bits per heavy atom. The Bertz CT molecular complexity index is 2620. The van der Waals surface area contributed by atoms with E-state index in [0.717, 1.165) is 78.6 Å². The zero-order valence-corrected chi connectivity index (χ0v) is 36.7. The first-order valence-corrected chi connectivity index (χ1v) is 21.9. The largest absolute Gasteiger partial charge is 0.486 e. The molecule has 0 amide bonds. The number of rotatable bonds is 4. The van der Waals surface area contributed by atoms with Crippen molar-refractivity contribution in [2.45, 2.75) is 87.0 Å². The van der Waals surface area contributed by atoms with Gasteiger partial charge in [0.1, 0.15) is 0 Å². The van der Waals surface area contributed by atoms with Crippen LogP contribution in [0.4, 0.5) is 0 Å². The quantitative estimate of drug-likeness (QED) is 0.130. The summed E-state index contributed by atoms with van der Waals surface area (Å²) >= 11 is 0. The van der Waals surface area contributed by atoms with E-state index in [-0.39, 0.29) is 31.1 Å². The minimum absolute atomic E-state index is 0. The molecule has 8 heteroatoms. The predicted molar refractivity (Wildman–Crippen MR) is 223 cm³/mol. The standard InChI is InChI=1S/C27H23N4O.C19H26NSi.Ir/c1-15-8-10-19(24-22(15)18-7-6-14-28-26(18)32-24)25-30-21-13-12-20-17(11-9-16(2)29-20)23(21)31(25)27(3,4)5;1-19(2,3)13-16-12-17(15-10-8-7-9-11-15)20-14-18(16)21(4,5)6;/h6-9,11-14H,1-5H3;7-10,12,14H,13H2,1-6H3;/q2*-1;. The van der Waals surface area contributed by atoms with Crippen LogP contribution in [0.2, 0.25) is 19.6 Å². The molecule has 8 rings (SSSR count). The van der Waals surface area contributed by atoms with E-state index in [4.69, 9.17) is 19.4 Å². The normalized spacial score (nSPS) is 12.3. The fourth-order valence-corrected chi connectivity index (χ4v) is 8.84. The van der Waals surface area contributed by atoms with Crippen LogP contribution in [0.5, 0.6) is 0 Å². The van der Waals surface area contributed by atoms with Crippen LogP contribution in [0.3, 0.4) is 0 Å². The van der Waals surface area contributed by atoms with E-state index in [1.807, 2.05) is 43.3 Å². The van der Waals surface area contributed by atoms with E-state index < -0.39 is 8.07 Å². The molecular weight excluding hydrogens is 859 g/mol. The first-order valence-electron chi connectivity index (χ1n) is 18.4. The molecule has 54 heavy (non-hydrogen) atoms. The summed E-state index contributed by atoms with van der Waals surface area (Å²) in [7, 11) is -1.37. The van der Waals surface area contributed by atoms with Crippen LogP contribution >= 0.6 is 0 Å². The average molecular weight is 908 g/mol. The zero-order valence-electron chi connectivity index (χ0n) is 33.3. The Balaban J connectivity index is 0.000000198. The molecule has 3 aromatic carbocycles. The van der Waals surface area contributed by atoms with Gasteiger partial charge in [-0.1, -0.05) is 69.9 Å². The summed E-state index contributed by atoms with van der Waals surface area (Å²) in [4.78, 5) is 19.0. The molecule has 0 unspecified atom stereocenters. The van der Waals surface area contributed by atoms with Gasteiger partial charge in [-0.2, -0.15) is 0 Å². The third-order valence-electron chi connectivity index (χ3n) is 9.54. The molecule has 5 aromatic heterocycles. The van der Waals surface area contributed by atoms with E-state index >= 15 is 0 Å². The molecule has 0 saturated heterocycles. The van der Waals surface area contributed by atoms with Crippen LogP contribution in [-0.2, 0) is 32.1 Å². The second kappa shape index (κ2) is 14.6. The van der Waals surface area contributed by atoms with Gasteiger partial charge in [0.05, 0.1) is 36.0 Å². The van der Waals surface area contributed by atoms with Crippen molar-refractivity contribution in [3.63, 3.8) is 0 Å². The Labute approximate surface area is 333 Å². The molecule has 6 nitrogen and oxygen atoms in total. The fourth-order valence-electron chi connectivity index (χ4n) is 7.27. The van der Waals surface area contributed by atoms with Gasteiger partial charge in [0.25, 0.3) is 0 Å². The Morgan fingerprint density at radius 1 is 0.815 bits per heavy atom. The Hall–Kier alpha value is -4.49. The van der Waals surface area contributed by atoms with Crippen LogP contribution < -0.4 is 5.19 Å². The molecule has 0 aliphatic rings. The van der Waals surface area contributed by atoms with Crippen molar-refractivity contribution in [1.82, 2.24) is 24.5 Å². The van der Waals surface area contributed by atoms with Crippen LogP contribution in [0.15, 0.2) is 89.6 Å². The number of hydrogen-bond acceptors (Lipinski definition) is 5. The second-order valence-corrected chi connectivity index (χ2v) is 22.4. The maximum absolute atomic E-state index is 6.28. The topological polar surface area (TPSA) is 69.6 Å². The van der Waals surface area contributed by atoms with E-state index in [1.54, 1.807) is 6.20 Å². The van der Waals surface area contributed by atoms with Crippen LogP contribution in [0, 0.1) is 31.4 Å². The number of benzene rings is 3. The molecule has 0 spiro atoms. The molecule has 0 saturated carbocycles. The molecule has 0 N–H and O–H groups in total. The van der Waals surface area contributed by atoms with Gasteiger partial charge >= 0.3 is 0 Å². The number of aryl methyl sites for hydroxylation is 2. The summed E-state index contributed by atoms with van der Waals surface area (Å²) in [5.41, 5.74) is 11.0.